The zero-order valence-electron chi connectivity index (χ0n) is 13.9. The Morgan fingerprint density at radius 3 is 2.14 bits per heavy atom. The largest absolute Gasteiger partial charge is 0.294 e. The van der Waals surface area contributed by atoms with Crippen molar-refractivity contribution in [3.05, 3.63) is 42.3 Å². The second-order valence-corrected chi connectivity index (χ2v) is 8.51. The third kappa shape index (κ3) is 2.40. The number of carbonyl (C=O) groups is 1. The van der Waals surface area contributed by atoms with Gasteiger partial charge in [0.25, 0.3) is 0 Å². The Morgan fingerprint density at radius 1 is 1.00 bits per heavy atom. The molecule has 2 heterocycles. The molecule has 0 N–H and O–H groups in total. The van der Waals surface area contributed by atoms with Crippen molar-refractivity contribution in [1.82, 2.24) is 0 Å². The number of hydrogen-bond donors (Lipinski definition) is 0. The first-order chi connectivity index (χ1) is 10.4. The number of aryl methyl sites for hydroxylation is 3. The molecular formula is C19H22OS2. The monoisotopic (exact) mass is 330 g/mol. The standard InChI is InChI=1S/C19H22OS2/c1-10-9-21-13(4)17(10)15-7-6-8-16(15)18-11(2)19(12(3)20)22-14(18)5/h9H,6-8H2,1-5H3. The highest BCUT2D eigenvalue weighted by molar-refractivity contribution is 7.14. The summed E-state index contributed by atoms with van der Waals surface area (Å²) in [6.45, 7) is 10.4. The van der Waals surface area contributed by atoms with Crippen LogP contribution < -0.4 is 0 Å². The van der Waals surface area contributed by atoms with Crippen molar-refractivity contribution in [1.29, 1.82) is 0 Å². The number of rotatable bonds is 3. The molecule has 2 aromatic rings. The van der Waals surface area contributed by atoms with E-state index < -0.39 is 0 Å². The zero-order chi connectivity index (χ0) is 16.0. The molecule has 0 amide bonds. The minimum Gasteiger partial charge on any atom is -0.294 e. The first-order valence-corrected chi connectivity index (χ1v) is 9.49. The van der Waals surface area contributed by atoms with E-state index in [0.717, 1.165) is 17.7 Å². The van der Waals surface area contributed by atoms with Gasteiger partial charge < -0.3 is 0 Å². The van der Waals surface area contributed by atoms with E-state index in [4.69, 9.17) is 0 Å². The van der Waals surface area contributed by atoms with Crippen LogP contribution in [0.3, 0.4) is 0 Å². The smallest absolute Gasteiger partial charge is 0.170 e. The number of hydrogen-bond acceptors (Lipinski definition) is 3. The lowest BCUT2D eigenvalue weighted by Gasteiger charge is -2.11. The number of thiophene rings is 2. The van der Waals surface area contributed by atoms with Gasteiger partial charge in [-0.2, -0.15) is 0 Å². The van der Waals surface area contributed by atoms with Crippen molar-refractivity contribution < 1.29 is 4.79 Å². The van der Waals surface area contributed by atoms with Gasteiger partial charge in [0.15, 0.2) is 5.78 Å². The van der Waals surface area contributed by atoms with Crippen LogP contribution in [0, 0.1) is 27.7 Å². The molecule has 0 saturated heterocycles. The fraction of sp³-hybridized carbons (Fsp3) is 0.421. The lowest BCUT2D eigenvalue weighted by molar-refractivity contribution is 0.102. The van der Waals surface area contributed by atoms with E-state index in [1.165, 1.54) is 49.6 Å². The van der Waals surface area contributed by atoms with E-state index >= 15 is 0 Å². The van der Waals surface area contributed by atoms with Gasteiger partial charge in [0, 0.05) is 9.75 Å². The summed E-state index contributed by atoms with van der Waals surface area (Å²) in [5.74, 6) is 0.194. The Labute approximate surface area is 140 Å². The molecule has 0 radical (unpaired) electrons. The van der Waals surface area contributed by atoms with Gasteiger partial charge in [-0.15, -0.1) is 22.7 Å². The first kappa shape index (κ1) is 15.7. The zero-order valence-corrected chi connectivity index (χ0v) is 15.6. The second kappa shape index (κ2) is 5.78. The van der Waals surface area contributed by atoms with Gasteiger partial charge in [0.1, 0.15) is 0 Å². The molecule has 2 aromatic heterocycles. The van der Waals surface area contributed by atoms with Crippen LogP contribution in [0.15, 0.2) is 5.38 Å². The van der Waals surface area contributed by atoms with Crippen LogP contribution in [0.1, 0.15) is 67.9 Å². The summed E-state index contributed by atoms with van der Waals surface area (Å²) in [7, 11) is 0. The van der Waals surface area contributed by atoms with E-state index in [1.54, 1.807) is 18.3 Å². The lowest BCUT2D eigenvalue weighted by Crippen LogP contribution is -1.94. The molecule has 0 spiro atoms. The molecule has 0 bridgehead atoms. The van der Waals surface area contributed by atoms with Crippen molar-refractivity contribution in [3.8, 4) is 0 Å². The molecule has 1 aliphatic carbocycles. The molecule has 116 valence electrons. The van der Waals surface area contributed by atoms with E-state index in [-0.39, 0.29) is 5.78 Å². The van der Waals surface area contributed by atoms with Crippen molar-refractivity contribution in [3.63, 3.8) is 0 Å². The Bertz CT molecular complexity index is 767. The molecule has 1 nitrogen and oxygen atoms in total. The Hall–Kier alpha value is -1.19. The van der Waals surface area contributed by atoms with Crippen LogP contribution in [-0.4, -0.2) is 5.78 Å². The summed E-state index contributed by atoms with van der Waals surface area (Å²) in [5.41, 5.74) is 8.42. The topological polar surface area (TPSA) is 17.1 Å². The molecule has 0 fully saturated rings. The number of ketones is 1. The molecular weight excluding hydrogens is 308 g/mol. The average Bonchev–Trinajstić information content (AvgIpc) is 3.09. The molecule has 1 aliphatic rings. The van der Waals surface area contributed by atoms with Gasteiger partial charge >= 0.3 is 0 Å². The minimum atomic E-state index is 0.194. The highest BCUT2D eigenvalue weighted by atomic mass is 32.1. The Morgan fingerprint density at radius 2 is 1.64 bits per heavy atom. The SMILES string of the molecule is CC(=O)c1sc(C)c(C2=C(c3c(C)csc3C)CCC2)c1C. The maximum atomic E-state index is 11.9. The van der Waals surface area contributed by atoms with E-state index in [9.17, 15) is 4.79 Å². The maximum absolute atomic E-state index is 11.9. The predicted molar refractivity (Wildman–Crippen MR) is 98.3 cm³/mol. The number of carbonyl (C=O) groups excluding carboxylic acids is 1. The lowest BCUT2D eigenvalue weighted by atomic mass is 9.93. The third-order valence-corrected chi connectivity index (χ3v) is 6.96. The van der Waals surface area contributed by atoms with E-state index in [2.05, 4.69) is 33.1 Å². The van der Waals surface area contributed by atoms with Crippen LogP contribution in [0.4, 0.5) is 0 Å². The summed E-state index contributed by atoms with van der Waals surface area (Å²) >= 11 is 3.51. The first-order valence-electron chi connectivity index (χ1n) is 7.80. The van der Waals surface area contributed by atoms with Crippen LogP contribution in [0.5, 0.6) is 0 Å². The van der Waals surface area contributed by atoms with Crippen molar-refractivity contribution in [2.24, 2.45) is 0 Å². The molecule has 3 heteroatoms. The highest BCUT2D eigenvalue weighted by Gasteiger charge is 2.26. The Kier molecular flexibility index (Phi) is 4.13. The summed E-state index contributed by atoms with van der Waals surface area (Å²) in [4.78, 5) is 15.5. The molecule has 22 heavy (non-hydrogen) atoms. The molecule has 0 saturated carbocycles. The normalized spacial score (nSPS) is 15.0. The number of Topliss-reactive ketones (excluding diaryl/α,β-unsaturated/α-hetero) is 1. The summed E-state index contributed by atoms with van der Waals surface area (Å²) in [6, 6.07) is 0. The summed E-state index contributed by atoms with van der Waals surface area (Å²) < 4.78 is 0. The van der Waals surface area contributed by atoms with Crippen LogP contribution >= 0.6 is 22.7 Å². The van der Waals surface area contributed by atoms with Crippen LogP contribution in [-0.2, 0) is 0 Å². The van der Waals surface area contributed by atoms with Gasteiger partial charge in [-0.3, -0.25) is 4.79 Å². The average molecular weight is 331 g/mol. The van der Waals surface area contributed by atoms with Crippen molar-refractivity contribution in [2.45, 2.75) is 53.9 Å². The highest BCUT2D eigenvalue weighted by Crippen LogP contribution is 2.46. The molecule has 0 unspecified atom stereocenters. The van der Waals surface area contributed by atoms with Gasteiger partial charge in [0.2, 0.25) is 0 Å². The second-order valence-electron chi connectivity index (χ2n) is 6.20. The predicted octanol–water partition coefficient (Wildman–Crippen LogP) is 6.34. The van der Waals surface area contributed by atoms with Crippen LogP contribution in [0.2, 0.25) is 0 Å². The summed E-state index contributed by atoms with van der Waals surface area (Å²) in [6.07, 6.45) is 3.53. The van der Waals surface area contributed by atoms with E-state index in [0.29, 0.717) is 0 Å². The third-order valence-electron chi connectivity index (χ3n) is 4.62. The fourth-order valence-corrected chi connectivity index (χ4v) is 5.71. The minimum absolute atomic E-state index is 0.194. The maximum Gasteiger partial charge on any atom is 0.170 e. The molecule has 0 aliphatic heterocycles. The van der Waals surface area contributed by atoms with E-state index in [1.807, 2.05) is 11.3 Å². The van der Waals surface area contributed by atoms with Gasteiger partial charge in [-0.05, 0) is 92.7 Å². The molecule has 0 aromatic carbocycles. The quantitative estimate of drug-likeness (QED) is 0.600. The molecule has 0 atom stereocenters. The van der Waals surface area contributed by atoms with Crippen LogP contribution in [0.25, 0.3) is 11.1 Å². The van der Waals surface area contributed by atoms with Crippen molar-refractivity contribution >= 4 is 39.6 Å². The number of allylic oxidation sites excluding steroid dienone is 2. The Balaban J connectivity index is 2.23. The van der Waals surface area contributed by atoms with Gasteiger partial charge in [-0.1, -0.05) is 0 Å². The fourth-order valence-electron chi connectivity index (χ4n) is 3.75. The van der Waals surface area contributed by atoms with Crippen molar-refractivity contribution in [2.75, 3.05) is 0 Å². The summed E-state index contributed by atoms with van der Waals surface area (Å²) in [5, 5.41) is 2.27. The molecule has 3 rings (SSSR count). The van der Waals surface area contributed by atoms with Gasteiger partial charge in [-0.25, -0.2) is 0 Å². The van der Waals surface area contributed by atoms with Gasteiger partial charge in [0.05, 0.1) is 4.88 Å².